The number of nitrogens with zero attached hydrogens (tertiary/aromatic N) is 3. The minimum atomic E-state index is -0.479. The number of aryl methyl sites for hydroxylation is 2. The number of halogens is 1. The molecule has 2 heterocycles. The summed E-state index contributed by atoms with van der Waals surface area (Å²) in [5.74, 6) is 0.692. The van der Waals surface area contributed by atoms with Gasteiger partial charge >= 0.3 is 5.69 Å². The highest BCUT2D eigenvalue weighted by Crippen LogP contribution is 2.31. The summed E-state index contributed by atoms with van der Waals surface area (Å²) in [6.07, 6.45) is 2.71. The second kappa shape index (κ2) is 5.35. The lowest BCUT2D eigenvalue weighted by Gasteiger charge is -2.08. The zero-order valence-electron chi connectivity index (χ0n) is 10.3. The normalized spacial score (nSPS) is 10.5. The SMILES string of the molecule is Cc1noc(C)c1CNc1c(Br)cncc1[N+](=O)[O-]. The molecule has 0 spiro atoms. The predicted molar refractivity (Wildman–Crippen MR) is 71.9 cm³/mol. The molecular formula is C11H11BrN4O3. The predicted octanol–water partition coefficient (Wildman–Crippen LogP) is 2.97. The number of hydrogen-bond acceptors (Lipinski definition) is 6. The van der Waals surface area contributed by atoms with E-state index in [1.807, 2.05) is 6.92 Å². The number of hydrogen-bond donors (Lipinski definition) is 1. The van der Waals surface area contributed by atoms with E-state index < -0.39 is 4.92 Å². The molecule has 2 rings (SSSR count). The average molecular weight is 327 g/mol. The van der Waals surface area contributed by atoms with Crippen molar-refractivity contribution in [1.29, 1.82) is 0 Å². The summed E-state index contributed by atoms with van der Waals surface area (Å²) in [6, 6.07) is 0. The van der Waals surface area contributed by atoms with Crippen molar-refractivity contribution in [2.45, 2.75) is 20.4 Å². The first kappa shape index (κ1) is 13.5. The van der Waals surface area contributed by atoms with Crippen LogP contribution in [0.3, 0.4) is 0 Å². The van der Waals surface area contributed by atoms with Gasteiger partial charge < -0.3 is 9.84 Å². The highest BCUT2D eigenvalue weighted by atomic mass is 79.9. The third kappa shape index (κ3) is 2.73. The van der Waals surface area contributed by atoms with E-state index in [-0.39, 0.29) is 5.69 Å². The van der Waals surface area contributed by atoms with E-state index in [0.717, 1.165) is 11.3 Å². The molecule has 0 amide bonds. The molecule has 0 aromatic carbocycles. The van der Waals surface area contributed by atoms with Crippen LogP contribution >= 0.6 is 15.9 Å². The third-order valence-corrected chi connectivity index (χ3v) is 3.30. The van der Waals surface area contributed by atoms with Crippen molar-refractivity contribution in [1.82, 2.24) is 10.1 Å². The van der Waals surface area contributed by atoms with Crippen LogP contribution in [0, 0.1) is 24.0 Å². The molecule has 0 aliphatic carbocycles. The van der Waals surface area contributed by atoms with Crippen molar-refractivity contribution in [2.24, 2.45) is 0 Å². The molecule has 0 saturated heterocycles. The fourth-order valence-corrected chi connectivity index (χ4v) is 2.13. The van der Waals surface area contributed by atoms with Gasteiger partial charge in [0.25, 0.3) is 0 Å². The lowest BCUT2D eigenvalue weighted by atomic mass is 10.2. The number of nitro groups is 1. The highest BCUT2D eigenvalue weighted by Gasteiger charge is 2.18. The Labute approximate surface area is 117 Å². The van der Waals surface area contributed by atoms with Crippen molar-refractivity contribution in [3.8, 4) is 0 Å². The second-order valence-corrected chi connectivity index (χ2v) is 4.78. The molecular weight excluding hydrogens is 316 g/mol. The smallest absolute Gasteiger partial charge is 0.311 e. The second-order valence-electron chi connectivity index (χ2n) is 3.93. The highest BCUT2D eigenvalue weighted by molar-refractivity contribution is 9.10. The Bertz CT molecular complexity index is 607. The van der Waals surface area contributed by atoms with Gasteiger partial charge in [-0.2, -0.15) is 0 Å². The first-order valence-corrected chi connectivity index (χ1v) is 6.23. The summed E-state index contributed by atoms with van der Waals surface area (Å²) in [5.41, 5.74) is 1.96. The van der Waals surface area contributed by atoms with Gasteiger partial charge in [0.15, 0.2) is 0 Å². The maximum Gasteiger partial charge on any atom is 0.311 e. The van der Waals surface area contributed by atoms with Crippen LogP contribution in [-0.4, -0.2) is 15.1 Å². The zero-order valence-corrected chi connectivity index (χ0v) is 11.9. The van der Waals surface area contributed by atoms with E-state index in [9.17, 15) is 10.1 Å². The molecule has 7 nitrogen and oxygen atoms in total. The molecule has 2 aromatic heterocycles. The van der Waals surface area contributed by atoms with Crippen LogP contribution in [0.5, 0.6) is 0 Å². The van der Waals surface area contributed by atoms with E-state index in [2.05, 4.69) is 31.4 Å². The van der Waals surface area contributed by atoms with Crippen LogP contribution in [0.4, 0.5) is 11.4 Å². The van der Waals surface area contributed by atoms with E-state index in [0.29, 0.717) is 22.5 Å². The molecule has 0 bridgehead atoms. The summed E-state index contributed by atoms with van der Waals surface area (Å²) in [7, 11) is 0. The summed E-state index contributed by atoms with van der Waals surface area (Å²) >= 11 is 3.25. The molecule has 0 atom stereocenters. The van der Waals surface area contributed by atoms with Gasteiger partial charge in [0, 0.05) is 18.3 Å². The summed E-state index contributed by atoms with van der Waals surface area (Å²) in [5, 5.41) is 17.8. The maximum absolute atomic E-state index is 10.9. The number of anilines is 1. The Morgan fingerprint density at radius 1 is 1.47 bits per heavy atom. The van der Waals surface area contributed by atoms with E-state index in [1.54, 1.807) is 6.92 Å². The minimum Gasteiger partial charge on any atom is -0.374 e. The van der Waals surface area contributed by atoms with Crippen LogP contribution < -0.4 is 5.32 Å². The van der Waals surface area contributed by atoms with Crippen molar-refractivity contribution in [2.75, 3.05) is 5.32 Å². The van der Waals surface area contributed by atoms with Gasteiger partial charge in [-0.25, -0.2) is 0 Å². The van der Waals surface area contributed by atoms with Gasteiger partial charge in [-0.15, -0.1) is 0 Å². The van der Waals surface area contributed by atoms with Crippen molar-refractivity contribution in [3.63, 3.8) is 0 Å². The number of pyridine rings is 1. The third-order valence-electron chi connectivity index (χ3n) is 2.70. The fraction of sp³-hybridized carbons (Fsp3) is 0.273. The lowest BCUT2D eigenvalue weighted by Crippen LogP contribution is -2.05. The van der Waals surface area contributed by atoms with Crippen LogP contribution in [0.1, 0.15) is 17.0 Å². The van der Waals surface area contributed by atoms with Crippen molar-refractivity contribution < 1.29 is 9.45 Å². The monoisotopic (exact) mass is 326 g/mol. The summed E-state index contributed by atoms with van der Waals surface area (Å²) in [6.45, 7) is 4.02. The Morgan fingerprint density at radius 2 is 2.21 bits per heavy atom. The van der Waals surface area contributed by atoms with Crippen LogP contribution in [0.2, 0.25) is 0 Å². The molecule has 0 saturated carbocycles. The van der Waals surface area contributed by atoms with Gasteiger partial charge in [-0.05, 0) is 29.8 Å². The molecule has 0 unspecified atom stereocenters. The van der Waals surface area contributed by atoms with E-state index >= 15 is 0 Å². The number of aromatic nitrogens is 2. The van der Waals surface area contributed by atoms with Crippen LogP contribution in [-0.2, 0) is 6.54 Å². The van der Waals surface area contributed by atoms with E-state index in [4.69, 9.17) is 4.52 Å². The Hall–Kier alpha value is -1.96. The average Bonchev–Trinajstić information content (AvgIpc) is 2.67. The zero-order chi connectivity index (χ0) is 14.0. The quantitative estimate of drug-likeness (QED) is 0.685. The molecule has 100 valence electrons. The summed E-state index contributed by atoms with van der Waals surface area (Å²) < 4.78 is 5.58. The molecule has 1 N–H and O–H groups in total. The van der Waals surface area contributed by atoms with Gasteiger partial charge in [0.05, 0.1) is 15.1 Å². The first-order valence-electron chi connectivity index (χ1n) is 5.44. The Balaban J connectivity index is 2.27. The molecule has 0 fully saturated rings. The standard InChI is InChI=1S/C11H11BrN4O3/c1-6-8(7(2)19-15-6)3-14-11-9(12)4-13-5-10(11)16(17)18/h4-5H,3H2,1-2H3,(H,13,14). The van der Waals surface area contributed by atoms with Crippen molar-refractivity contribution >= 4 is 27.3 Å². The minimum absolute atomic E-state index is 0.0823. The van der Waals surface area contributed by atoms with Gasteiger partial charge in [-0.1, -0.05) is 5.16 Å². The molecule has 19 heavy (non-hydrogen) atoms. The fourth-order valence-electron chi connectivity index (χ4n) is 1.67. The molecule has 0 radical (unpaired) electrons. The van der Waals surface area contributed by atoms with Crippen molar-refractivity contribution in [3.05, 3.63) is 44.0 Å². The van der Waals surface area contributed by atoms with E-state index in [1.165, 1.54) is 12.4 Å². The molecule has 2 aromatic rings. The number of nitrogens with one attached hydrogen (secondary N) is 1. The molecule has 8 heteroatoms. The first-order chi connectivity index (χ1) is 9.00. The lowest BCUT2D eigenvalue weighted by molar-refractivity contribution is -0.384. The van der Waals surface area contributed by atoms with Gasteiger partial charge in [0.2, 0.25) is 0 Å². The summed E-state index contributed by atoms with van der Waals surface area (Å²) in [4.78, 5) is 14.3. The van der Waals surface area contributed by atoms with Gasteiger partial charge in [0.1, 0.15) is 17.6 Å². The maximum atomic E-state index is 10.9. The molecule has 0 aliphatic rings. The Morgan fingerprint density at radius 3 is 2.79 bits per heavy atom. The number of rotatable bonds is 4. The largest absolute Gasteiger partial charge is 0.374 e. The Kier molecular flexibility index (Phi) is 3.79. The molecule has 0 aliphatic heterocycles. The van der Waals surface area contributed by atoms with Crippen LogP contribution in [0.15, 0.2) is 21.4 Å². The topological polar surface area (TPSA) is 94.1 Å². The van der Waals surface area contributed by atoms with Gasteiger partial charge in [-0.3, -0.25) is 15.1 Å². The van der Waals surface area contributed by atoms with Crippen LogP contribution in [0.25, 0.3) is 0 Å².